The van der Waals surface area contributed by atoms with Gasteiger partial charge >= 0.3 is 0 Å². The molecule has 1 saturated carbocycles. The van der Waals surface area contributed by atoms with Gasteiger partial charge in [-0.05, 0) is 30.0 Å². The highest BCUT2D eigenvalue weighted by molar-refractivity contribution is 5.94. The fourth-order valence-corrected chi connectivity index (χ4v) is 2.31. The number of aromatic nitrogens is 2. The van der Waals surface area contributed by atoms with Crippen LogP contribution in [0.25, 0.3) is 0 Å². The normalized spacial score (nSPS) is 20.2. The molecule has 1 amide bonds. The summed E-state index contributed by atoms with van der Waals surface area (Å²) in [6.45, 7) is 0. The minimum atomic E-state index is -0.00156. The molecule has 0 aliphatic heterocycles. The first kappa shape index (κ1) is 12.6. The van der Waals surface area contributed by atoms with E-state index < -0.39 is 0 Å². The van der Waals surface area contributed by atoms with Gasteiger partial charge in [0, 0.05) is 18.3 Å². The van der Waals surface area contributed by atoms with Crippen molar-refractivity contribution in [3.8, 4) is 5.75 Å². The summed E-state index contributed by atoms with van der Waals surface area (Å²) in [6.07, 6.45) is 5.54. The van der Waals surface area contributed by atoms with Gasteiger partial charge in [0.05, 0.1) is 13.3 Å². The van der Waals surface area contributed by atoms with E-state index in [2.05, 4.69) is 15.3 Å². The summed E-state index contributed by atoms with van der Waals surface area (Å²) in [6, 6.07) is 7.87. The van der Waals surface area contributed by atoms with Crippen molar-refractivity contribution in [2.45, 2.75) is 12.3 Å². The number of anilines is 1. The molecule has 1 aromatic carbocycles. The molecule has 1 fully saturated rings. The van der Waals surface area contributed by atoms with Gasteiger partial charge < -0.3 is 10.1 Å². The number of methoxy groups -OCH3 is 1. The summed E-state index contributed by atoms with van der Waals surface area (Å²) in [5, 5.41) is 2.79. The Hall–Kier alpha value is -2.43. The third-order valence-electron chi connectivity index (χ3n) is 3.46. The van der Waals surface area contributed by atoms with Crippen LogP contribution in [-0.4, -0.2) is 23.0 Å². The van der Waals surface area contributed by atoms with Crippen LogP contribution in [0.5, 0.6) is 5.75 Å². The zero-order valence-electron chi connectivity index (χ0n) is 11.1. The monoisotopic (exact) mass is 269 g/mol. The van der Waals surface area contributed by atoms with Crippen molar-refractivity contribution < 1.29 is 9.53 Å². The molecule has 20 heavy (non-hydrogen) atoms. The second kappa shape index (κ2) is 5.28. The molecular weight excluding hydrogens is 254 g/mol. The Morgan fingerprint density at radius 2 is 2.30 bits per heavy atom. The molecule has 1 aliphatic rings. The molecule has 0 radical (unpaired) electrons. The van der Waals surface area contributed by atoms with E-state index >= 15 is 0 Å². The molecule has 1 aliphatic carbocycles. The average Bonchev–Trinajstić information content (AvgIpc) is 3.29. The molecule has 5 heteroatoms. The van der Waals surface area contributed by atoms with Gasteiger partial charge in [0.1, 0.15) is 5.75 Å². The van der Waals surface area contributed by atoms with Gasteiger partial charge in [0.15, 0.2) is 5.82 Å². The van der Waals surface area contributed by atoms with E-state index in [-0.39, 0.29) is 17.7 Å². The highest BCUT2D eigenvalue weighted by Gasteiger charge is 2.44. The van der Waals surface area contributed by atoms with E-state index in [9.17, 15) is 4.79 Å². The van der Waals surface area contributed by atoms with Gasteiger partial charge in [-0.1, -0.05) is 12.1 Å². The number of nitrogens with zero attached hydrogens (tertiary/aromatic N) is 2. The zero-order chi connectivity index (χ0) is 13.9. The van der Waals surface area contributed by atoms with Crippen LogP contribution in [0.2, 0.25) is 0 Å². The molecule has 102 valence electrons. The zero-order valence-corrected chi connectivity index (χ0v) is 11.1. The van der Waals surface area contributed by atoms with Crippen LogP contribution in [0, 0.1) is 5.92 Å². The number of carbonyl (C=O) groups is 1. The summed E-state index contributed by atoms with van der Waals surface area (Å²) in [5.74, 6) is 1.58. The van der Waals surface area contributed by atoms with Crippen LogP contribution >= 0.6 is 0 Å². The lowest BCUT2D eigenvalue weighted by Gasteiger charge is -2.05. The SMILES string of the molecule is COc1cccc(C2CC2C(=O)Nc2cnccn2)c1. The van der Waals surface area contributed by atoms with Crippen LogP contribution in [0.15, 0.2) is 42.9 Å². The van der Waals surface area contributed by atoms with Crippen molar-refractivity contribution in [3.63, 3.8) is 0 Å². The maximum Gasteiger partial charge on any atom is 0.229 e. The second-order valence-electron chi connectivity index (χ2n) is 4.81. The highest BCUT2D eigenvalue weighted by atomic mass is 16.5. The summed E-state index contributed by atoms with van der Waals surface area (Å²) in [5.41, 5.74) is 1.14. The van der Waals surface area contributed by atoms with Crippen LogP contribution in [0.4, 0.5) is 5.82 Å². The van der Waals surface area contributed by atoms with Crippen molar-refractivity contribution in [2.75, 3.05) is 12.4 Å². The number of benzene rings is 1. The van der Waals surface area contributed by atoms with Gasteiger partial charge in [0.25, 0.3) is 0 Å². The van der Waals surface area contributed by atoms with Crippen molar-refractivity contribution in [2.24, 2.45) is 5.92 Å². The van der Waals surface area contributed by atoms with Crippen LogP contribution < -0.4 is 10.1 Å². The minimum absolute atomic E-state index is 0.00156. The van der Waals surface area contributed by atoms with E-state index in [4.69, 9.17) is 4.74 Å². The molecule has 1 aromatic heterocycles. The summed E-state index contributed by atoms with van der Waals surface area (Å²) >= 11 is 0. The standard InChI is InChI=1S/C15H15N3O2/c1-20-11-4-2-3-10(7-11)12-8-13(12)15(19)18-14-9-16-5-6-17-14/h2-7,9,12-13H,8H2,1H3,(H,17,18,19). The van der Waals surface area contributed by atoms with E-state index in [0.717, 1.165) is 17.7 Å². The number of amides is 1. The number of rotatable bonds is 4. The van der Waals surface area contributed by atoms with Crippen molar-refractivity contribution >= 4 is 11.7 Å². The molecule has 0 bridgehead atoms. The Kier molecular flexibility index (Phi) is 3.33. The molecule has 1 heterocycles. The molecule has 3 rings (SSSR count). The molecule has 2 aromatic rings. The highest BCUT2D eigenvalue weighted by Crippen LogP contribution is 2.48. The maximum atomic E-state index is 12.1. The number of carbonyl (C=O) groups excluding carboxylic acids is 1. The lowest BCUT2D eigenvalue weighted by molar-refractivity contribution is -0.117. The number of nitrogens with one attached hydrogen (secondary N) is 1. The van der Waals surface area contributed by atoms with Crippen molar-refractivity contribution in [1.29, 1.82) is 0 Å². The molecule has 1 N–H and O–H groups in total. The van der Waals surface area contributed by atoms with Crippen LogP contribution in [-0.2, 0) is 4.79 Å². The summed E-state index contributed by atoms with van der Waals surface area (Å²) in [7, 11) is 1.64. The first-order valence-corrected chi connectivity index (χ1v) is 6.49. The Balaban J connectivity index is 1.65. The predicted octanol–water partition coefficient (Wildman–Crippen LogP) is 2.23. The second-order valence-corrected chi connectivity index (χ2v) is 4.81. The topological polar surface area (TPSA) is 64.1 Å². The summed E-state index contributed by atoms with van der Waals surface area (Å²) in [4.78, 5) is 20.1. The fraction of sp³-hybridized carbons (Fsp3) is 0.267. The number of hydrogen-bond acceptors (Lipinski definition) is 4. The Morgan fingerprint density at radius 3 is 3.05 bits per heavy atom. The number of hydrogen-bond donors (Lipinski definition) is 1. The van der Waals surface area contributed by atoms with Crippen molar-refractivity contribution in [3.05, 3.63) is 48.4 Å². The average molecular weight is 269 g/mol. The van der Waals surface area contributed by atoms with Crippen molar-refractivity contribution in [1.82, 2.24) is 9.97 Å². The van der Waals surface area contributed by atoms with Crippen LogP contribution in [0.1, 0.15) is 17.9 Å². The van der Waals surface area contributed by atoms with Crippen LogP contribution in [0.3, 0.4) is 0 Å². The largest absolute Gasteiger partial charge is 0.497 e. The lowest BCUT2D eigenvalue weighted by Crippen LogP contribution is -2.15. The third-order valence-corrected chi connectivity index (χ3v) is 3.46. The maximum absolute atomic E-state index is 12.1. The van der Waals surface area contributed by atoms with Gasteiger partial charge in [-0.3, -0.25) is 9.78 Å². The van der Waals surface area contributed by atoms with Gasteiger partial charge in [0.2, 0.25) is 5.91 Å². The first-order chi connectivity index (χ1) is 9.78. The van der Waals surface area contributed by atoms with Gasteiger partial charge in [-0.2, -0.15) is 0 Å². The molecule has 2 atom stereocenters. The molecular formula is C15H15N3O2. The van der Waals surface area contributed by atoms with Gasteiger partial charge in [-0.15, -0.1) is 0 Å². The molecule has 0 saturated heterocycles. The molecule has 0 spiro atoms. The predicted molar refractivity (Wildman–Crippen MR) is 74.5 cm³/mol. The van der Waals surface area contributed by atoms with E-state index in [1.165, 1.54) is 0 Å². The lowest BCUT2D eigenvalue weighted by atomic mass is 10.1. The minimum Gasteiger partial charge on any atom is -0.497 e. The van der Waals surface area contributed by atoms with E-state index in [1.54, 1.807) is 25.7 Å². The quantitative estimate of drug-likeness (QED) is 0.924. The smallest absolute Gasteiger partial charge is 0.229 e. The first-order valence-electron chi connectivity index (χ1n) is 6.49. The number of ether oxygens (including phenoxy) is 1. The van der Waals surface area contributed by atoms with E-state index in [1.807, 2.05) is 24.3 Å². The van der Waals surface area contributed by atoms with E-state index in [0.29, 0.717) is 5.82 Å². The Morgan fingerprint density at radius 1 is 1.40 bits per heavy atom. The molecule has 2 unspecified atom stereocenters. The Labute approximate surface area is 117 Å². The fourth-order valence-electron chi connectivity index (χ4n) is 2.31. The Bertz CT molecular complexity index is 616. The third kappa shape index (κ3) is 2.61. The molecule has 5 nitrogen and oxygen atoms in total. The van der Waals surface area contributed by atoms with Gasteiger partial charge in [-0.25, -0.2) is 4.98 Å². The summed E-state index contributed by atoms with van der Waals surface area (Å²) < 4.78 is 5.21.